The number of aromatic amines is 1. The van der Waals surface area contributed by atoms with Gasteiger partial charge in [0.2, 0.25) is 5.91 Å². The normalized spacial score (nSPS) is 18.6. The molecule has 8 nitrogen and oxygen atoms in total. The number of H-pyrrole nitrogens is 1. The Hall–Kier alpha value is -2.35. The van der Waals surface area contributed by atoms with E-state index >= 15 is 0 Å². The SMILES string of the molecule is CCc1[nH]c(C(=O)N2CCN(C(C)C(=O)NC3CC3)CC2)c(C)c1C(=O)OC. The van der Waals surface area contributed by atoms with Crippen LogP contribution >= 0.6 is 0 Å². The van der Waals surface area contributed by atoms with E-state index in [1.165, 1.54) is 7.11 Å². The zero-order chi connectivity index (χ0) is 20.4. The predicted octanol–water partition coefficient (Wildman–Crippen LogP) is 1.10. The summed E-state index contributed by atoms with van der Waals surface area (Å²) in [5.74, 6) is -0.472. The number of aromatic nitrogens is 1. The number of hydrogen-bond donors (Lipinski definition) is 2. The molecule has 2 aliphatic rings. The second-order valence-corrected chi connectivity index (χ2v) is 7.61. The Morgan fingerprint density at radius 1 is 1.21 bits per heavy atom. The first kappa shape index (κ1) is 20.4. The predicted molar refractivity (Wildman–Crippen MR) is 104 cm³/mol. The Labute approximate surface area is 165 Å². The van der Waals surface area contributed by atoms with Crippen molar-refractivity contribution in [2.24, 2.45) is 0 Å². The van der Waals surface area contributed by atoms with Crippen LogP contribution in [0.1, 0.15) is 58.8 Å². The molecular weight excluding hydrogens is 360 g/mol. The first-order chi connectivity index (χ1) is 13.4. The van der Waals surface area contributed by atoms with E-state index in [2.05, 4.69) is 15.2 Å². The zero-order valence-electron chi connectivity index (χ0n) is 17.1. The smallest absolute Gasteiger partial charge is 0.339 e. The van der Waals surface area contributed by atoms with E-state index in [0.717, 1.165) is 18.5 Å². The molecule has 0 aromatic carbocycles. The lowest BCUT2D eigenvalue weighted by atomic mass is 10.1. The lowest BCUT2D eigenvalue weighted by molar-refractivity contribution is -0.126. The summed E-state index contributed by atoms with van der Waals surface area (Å²) in [6, 6.07) is 0.160. The maximum Gasteiger partial charge on any atom is 0.339 e. The van der Waals surface area contributed by atoms with Crippen LogP contribution in [-0.4, -0.2) is 77.9 Å². The standard InChI is InChI=1S/C20H30N4O4/c1-5-15-16(20(27)28-4)12(2)17(22-15)19(26)24-10-8-23(9-11-24)13(3)18(25)21-14-6-7-14/h13-14,22H,5-11H2,1-4H3,(H,21,25). The topological polar surface area (TPSA) is 94.7 Å². The summed E-state index contributed by atoms with van der Waals surface area (Å²) >= 11 is 0. The Morgan fingerprint density at radius 2 is 1.86 bits per heavy atom. The van der Waals surface area contributed by atoms with E-state index in [1.807, 2.05) is 13.8 Å². The minimum absolute atomic E-state index is 0.0674. The van der Waals surface area contributed by atoms with Crippen molar-refractivity contribution in [3.05, 3.63) is 22.5 Å². The van der Waals surface area contributed by atoms with Crippen molar-refractivity contribution in [3.63, 3.8) is 0 Å². The van der Waals surface area contributed by atoms with Gasteiger partial charge in [0, 0.05) is 37.9 Å². The van der Waals surface area contributed by atoms with Gasteiger partial charge in [0.1, 0.15) is 5.69 Å². The van der Waals surface area contributed by atoms with Gasteiger partial charge in [0.05, 0.1) is 18.7 Å². The second-order valence-electron chi connectivity index (χ2n) is 7.61. The number of hydrogen-bond acceptors (Lipinski definition) is 5. The molecule has 1 unspecified atom stereocenters. The maximum absolute atomic E-state index is 13.0. The van der Waals surface area contributed by atoms with Crippen LogP contribution in [0.4, 0.5) is 0 Å². The average molecular weight is 390 g/mol. The highest BCUT2D eigenvalue weighted by Crippen LogP contribution is 2.23. The molecule has 2 heterocycles. The van der Waals surface area contributed by atoms with Crippen LogP contribution in [0.3, 0.4) is 0 Å². The number of esters is 1. The quantitative estimate of drug-likeness (QED) is 0.710. The van der Waals surface area contributed by atoms with E-state index < -0.39 is 5.97 Å². The molecule has 0 spiro atoms. The molecule has 1 aliphatic carbocycles. The molecule has 2 amide bonds. The molecule has 154 valence electrons. The van der Waals surface area contributed by atoms with Crippen LogP contribution in [0.15, 0.2) is 0 Å². The van der Waals surface area contributed by atoms with Gasteiger partial charge >= 0.3 is 5.97 Å². The minimum atomic E-state index is -0.426. The molecule has 1 saturated heterocycles. The average Bonchev–Trinajstić information content (AvgIpc) is 3.46. The van der Waals surface area contributed by atoms with Gasteiger partial charge in [-0.05, 0) is 38.7 Å². The van der Waals surface area contributed by atoms with E-state index in [0.29, 0.717) is 55.5 Å². The van der Waals surface area contributed by atoms with Gasteiger partial charge in [-0.3, -0.25) is 14.5 Å². The maximum atomic E-state index is 13.0. The lowest BCUT2D eigenvalue weighted by Crippen LogP contribution is -2.55. The van der Waals surface area contributed by atoms with E-state index in [4.69, 9.17) is 4.74 Å². The third kappa shape index (κ3) is 4.06. The largest absolute Gasteiger partial charge is 0.465 e. The van der Waals surface area contributed by atoms with Gasteiger partial charge in [-0.1, -0.05) is 6.92 Å². The molecule has 2 N–H and O–H groups in total. The number of nitrogens with zero attached hydrogens (tertiary/aromatic N) is 2. The molecule has 1 atom stereocenters. The van der Waals surface area contributed by atoms with Crippen molar-refractivity contribution in [1.29, 1.82) is 0 Å². The molecule has 8 heteroatoms. The van der Waals surface area contributed by atoms with E-state index in [9.17, 15) is 14.4 Å². The fourth-order valence-corrected chi connectivity index (χ4v) is 3.70. The first-order valence-electron chi connectivity index (χ1n) is 10.0. The molecule has 0 radical (unpaired) electrons. The second kappa shape index (κ2) is 8.34. The molecule has 3 rings (SSSR count). The van der Waals surface area contributed by atoms with Gasteiger partial charge < -0.3 is 19.9 Å². The number of methoxy groups -OCH3 is 1. The molecule has 28 heavy (non-hydrogen) atoms. The minimum Gasteiger partial charge on any atom is -0.465 e. The molecule has 1 aromatic heterocycles. The van der Waals surface area contributed by atoms with Crippen molar-refractivity contribution >= 4 is 17.8 Å². The van der Waals surface area contributed by atoms with Crippen LogP contribution < -0.4 is 5.32 Å². The van der Waals surface area contributed by atoms with Crippen LogP contribution in [0.5, 0.6) is 0 Å². The Balaban J connectivity index is 1.64. The van der Waals surface area contributed by atoms with Crippen LogP contribution in [0, 0.1) is 6.92 Å². The highest BCUT2D eigenvalue weighted by Gasteiger charge is 2.32. The first-order valence-corrected chi connectivity index (χ1v) is 10.0. The zero-order valence-corrected chi connectivity index (χ0v) is 17.1. The number of rotatable bonds is 6. The third-order valence-electron chi connectivity index (χ3n) is 5.74. The highest BCUT2D eigenvalue weighted by atomic mass is 16.5. The molecule has 0 bridgehead atoms. The molecule has 1 aliphatic heterocycles. The lowest BCUT2D eigenvalue weighted by Gasteiger charge is -2.37. The number of nitrogens with one attached hydrogen (secondary N) is 2. The van der Waals surface area contributed by atoms with E-state index in [1.54, 1.807) is 11.8 Å². The van der Waals surface area contributed by atoms with Gasteiger partial charge in [-0.25, -0.2) is 4.79 Å². The van der Waals surface area contributed by atoms with Crippen molar-refractivity contribution < 1.29 is 19.1 Å². The summed E-state index contributed by atoms with van der Waals surface area (Å²) in [6.07, 6.45) is 2.76. The van der Waals surface area contributed by atoms with Crippen LogP contribution in [0.25, 0.3) is 0 Å². The third-order valence-corrected chi connectivity index (χ3v) is 5.74. The molecule has 2 fully saturated rings. The molecular formula is C20H30N4O4. The summed E-state index contributed by atoms with van der Waals surface area (Å²) in [5.41, 5.74) is 2.26. The van der Waals surface area contributed by atoms with E-state index in [-0.39, 0.29) is 17.9 Å². The van der Waals surface area contributed by atoms with Crippen LogP contribution in [0.2, 0.25) is 0 Å². The van der Waals surface area contributed by atoms with Crippen molar-refractivity contribution in [1.82, 2.24) is 20.1 Å². The number of ether oxygens (including phenoxy) is 1. The fraction of sp³-hybridized carbons (Fsp3) is 0.650. The summed E-state index contributed by atoms with van der Waals surface area (Å²) in [7, 11) is 1.34. The number of carbonyl (C=O) groups excluding carboxylic acids is 3. The van der Waals surface area contributed by atoms with Crippen molar-refractivity contribution in [3.8, 4) is 0 Å². The monoisotopic (exact) mass is 390 g/mol. The van der Waals surface area contributed by atoms with Gasteiger partial charge in [-0.15, -0.1) is 0 Å². The summed E-state index contributed by atoms with van der Waals surface area (Å²) in [5, 5.41) is 3.04. The number of piperazine rings is 1. The van der Waals surface area contributed by atoms with Crippen molar-refractivity contribution in [2.75, 3.05) is 33.3 Å². The van der Waals surface area contributed by atoms with Gasteiger partial charge in [-0.2, -0.15) is 0 Å². The Bertz CT molecular complexity index is 761. The Morgan fingerprint density at radius 3 is 2.39 bits per heavy atom. The number of amides is 2. The number of carbonyl (C=O) groups is 3. The van der Waals surface area contributed by atoms with Crippen LogP contribution in [-0.2, 0) is 16.0 Å². The summed E-state index contributed by atoms with van der Waals surface area (Å²) in [6.45, 7) is 8.01. The summed E-state index contributed by atoms with van der Waals surface area (Å²) < 4.78 is 4.86. The Kier molecular flexibility index (Phi) is 6.07. The van der Waals surface area contributed by atoms with Gasteiger partial charge in [0.25, 0.3) is 5.91 Å². The van der Waals surface area contributed by atoms with Gasteiger partial charge in [0.15, 0.2) is 0 Å². The van der Waals surface area contributed by atoms with Crippen molar-refractivity contribution in [2.45, 2.75) is 52.1 Å². The number of aryl methyl sites for hydroxylation is 1. The highest BCUT2D eigenvalue weighted by molar-refractivity contribution is 6.00. The summed E-state index contributed by atoms with van der Waals surface area (Å²) in [4.78, 5) is 44.4. The fourth-order valence-electron chi connectivity index (χ4n) is 3.70. The molecule has 1 saturated carbocycles. The molecule has 1 aromatic rings.